The average molecular weight is 742 g/mol. The summed E-state index contributed by atoms with van der Waals surface area (Å²) < 4.78 is 48.5. The number of aromatic nitrogens is 1. The van der Waals surface area contributed by atoms with E-state index in [1.807, 2.05) is 42.5 Å². The van der Waals surface area contributed by atoms with Crippen LogP contribution in [0.1, 0.15) is 51.3 Å². The van der Waals surface area contributed by atoms with Crippen molar-refractivity contribution in [2.45, 2.75) is 52.9 Å². The smallest absolute Gasteiger partial charge is 0.490 e. The van der Waals surface area contributed by atoms with Crippen molar-refractivity contribution in [1.29, 1.82) is 0 Å². The van der Waals surface area contributed by atoms with Crippen LogP contribution in [-0.2, 0) is 16.1 Å². The van der Waals surface area contributed by atoms with Gasteiger partial charge in [0.1, 0.15) is 11.9 Å². The molecule has 0 saturated heterocycles. The van der Waals surface area contributed by atoms with E-state index in [1.165, 1.54) is 6.39 Å². The molecule has 0 radical (unpaired) electrons. The number of nitrogens with zero attached hydrogens (tertiary/aromatic N) is 2. The zero-order valence-electron chi connectivity index (χ0n) is 30.3. The summed E-state index contributed by atoms with van der Waals surface area (Å²) in [4.78, 5) is 41.0. The number of anilines is 2. The second kappa shape index (κ2) is 20.5. The van der Waals surface area contributed by atoms with Crippen LogP contribution in [0, 0.1) is 11.8 Å². The minimum Gasteiger partial charge on any atom is -0.496 e. The van der Waals surface area contributed by atoms with Gasteiger partial charge < -0.3 is 39.8 Å². The highest BCUT2D eigenvalue weighted by Crippen LogP contribution is 2.32. The standard InChI is InChI=1S/C36H45N5O5.C2HF3O2/c1-25(2)22-41(23-26(3)4)17-16-32(28-11-7-6-8-12-28)46-36(43)38-20-27-10-9-13-29(18-27)39-35(42)40-30-14-15-31(33(19-30)44-5)34-21-37-24-45-34;3-2(4,5)1(6)7/h6-15,18-19,21,24-26,32H,16-17,20,22-23H2,1-5H3,(H,38,43)(H2,39,40,42);(H,6,7). The molecule has 4 N–H and O–H groups in total. The molecular formula is C38H46F3N5O7. The van der Waals surface area contributed by atoms with Crippen LogP contribution in [0.25, 0.3) is 11.3 Å². The summed E-state index contributed by atoms with van der Waals surface area (Å²) in [7, 11) is 1.55. The minimum atomic E-state index is -5.08. The maximum atomic E-state index is 13.0. The van der Waals surface area contributed by atoms with Crippen LogP contribution in [0.5, 0.6) is 5.75 Å². The lowest BCUT2D eigenvalue weighted by Crippen LogP contribution is -2.34. The molecule has 12 nitrogen and oxygen atoms in total. The van der Waals surface area contributed by atoms with E-state index in [-0.39, 0.29) is 12.6 Å². The van der Waals surface area contributed by atoms with Crippen molar-refractivity contribution in [3.8, 4) is 17.1 Å². The molecule has 1 aromatic heterocycles. The number of carboxylic acids is 1. The number of aliphatic carboxylic acids is 1. The van der Waals surface area contributed by atoms with E-state index in [0.29, 0.717) is 41.1 Å². The number of halogens is 3. The monoisotopic (exact) mass is 741 g/mol. The molecule has 0 bridgehead atoms. The number of hydrogen-bond donors (Lipinski definition) is 4. The lowest BCUT2D eigenvalue weighted by atomic mass is 10.1. The van der Waals surface area contributed by atoms with Gasteiger partial charge in [0.2, 0.25) is 0 Å². The maximum absolute atomic E-state index is 13.0. The summed E-state index contributed by atoms with van der Waals surface area (Å²) in [6.07, 6.45) is -2.31. The molecule has 0 aliphatic rings. The number of hydrogen-bond acceptors (Lipinski definition) is 8. The summed E-state index contributed by atoms with van der Waals surface area (Å²) in [5.41, 5.74) is 3.62. The number of carbonyl (C=O) groups is 3. The Morgan fingerprint density at radius 2 is 1.55 bits per heavy atom. The second-order valence-electron chi connectivity index (χ2n) is 12.9. The second-order valence-corrected chi connectivity index (χ2v) is 12.9. The third-order valence-electron chi connectivity index (χ3n) is 7.40. The van der Waals surface area contributed by atoms with Gasteiger partial charge in [-0.2, -0.15) is 13.2 Å². The normalized spacial score (nSPS) is 11.8. The number of carbonyl (C=O) groups excluding carboxylic acids is 2. The maximum Gasteiger partial charge on any atom is 0.490 e. The number of alkyl halides is 3. The minimum absolute atomic E-state index is 0.241. The van der Waals surface area contributed by atoms with E-state index in [4.69, 9.17) is 23.8 Å². The van der Waals surface area contributed by atoms with Crippen molar-refractivity contribution in [3.63, 3.8) is 0 Å². The van der Waals surface area contributed by atoms with Crippen molar-refractivity contribution in [3.05, 3.63) is 96.5 Å². The van der Waals surface area contributed by atoms with Crippen LogP contribution >= 0.6 is 0 Å². The molecule has 3 aromatic carbocycles. The van der Waals surface area contributed by atoms with E-state index in [9.17, 15) is 22.8 Å². The van der Waals surface area contributed by atoms with Gasteiger partial charge in [-0.1, -0.05) is 70.2 Å². The summed E-state index contributed by atoms with van der Waals surface area (Å²) in [5, 5.41) is 15.7. The fourth-order valence-corrected chi connectivity index (χ4v) is 5.27. The summed E-state index contributed by atoms with van der Waals surface area (Å²) in [6, 6.07) is 22.0. The number of oxazole rings is 1. The first kappa shape index (κ1) is 41.8. The van der Waals surface area contributed by atoms with E-state index >= 15 is 0 Å². The Labute approximate surface area is 306 Å². The van der Waals surface area contributed by atoms with Gasteiger partial charge in [-0.05, 0) is 47.2 Å². The van der Waals surface area contributed by atoms with E-state index in [1.54, 1.807) is 43.6 Å². The molecule has 0 aliphatic heterocycles. The van der Waals surface area contributed by atoms with Gasteiger partial charge in [0.05, 0.1) is 18.9 Å². The third-order valence-corrected chi connectivity index (χ3v) is 7.40. The highest BCUT2D eigenvalue weighted by Gasteiger charge is 2.38. The lowest BCUT2D eigenvalue weighted by molar-refractivity contribution is -0.192. The van der Waals surface area contributed by atoms with Crippen LogP contribution in [-0.4, -0.2) is 66.0 Å². The van der Waals surface area contributed by atoms with Crippen LogP contribution < -0.4 is 20.7 Å². The van der Waals surface area contributed by atoms with Gasteiger partial charge in [0, 0.05) is 50.0 Å². The van der Waals surface area contributed by atoms with E-state index in [2.05, 4.69) is 53.5 Å². The Hall–Kier alpha value is -5.57. The van der Waals surface area contributed by atoms with Crippen molar-refractivity contribution >= 4 is 29.5 Å². The highest BCUT2D eigenvalue weighted by atomic mass is 19.4. The van der Waals surface area contributed by atoms with Gasteiger partial charge in [-0.25, -0.2) is 19.4 Å². The molecule has 286 valence electrons. The van der Waals surface area contributed by atoms with Crippen molar-refractivity contribution in [2.75, 3.05) is 37.4 Å². The number of carboxylic acid groups (broad SMARTS) is 1. The molecule has 53 heavy (non-hydrogen) atoms. The fraction of sp³-hybridized carbons (Fsp3) is 0.368. The van der Waals surface area contributed by atoms with Crippen LogP contribution in [0.2, 0.25) is 0 Å². The zero-order valence-corrected chi connectivity index (χ0v) is 30.3. The van der Waals surface area contributed by atoms with Gasteiger partial charge >= 0.3 is 24.3 Å². The Morgan fingerprint density at radius 3 is 2.11 bits per heavy atom. The molecule has 1 unspecified atom stereocenters. The number of benzene rings is 3. The fourth-order valence-electron chi connectivity index (χ4n) is 5.27. The summed E-state index contributed by atoms with van der Waals surface area (Å²) in [5.74, 6) is -0.557. The van der Waals surface area contributed by atoms with Gasteiger partial charge in [0.25, 0.3) is 0 Å². The molecule has 0 fully saturated rings. The SMILES string of the molecule is COc1cc(NC(=O)Nc2cccc(CNC(=O)OC(CCN(CC(C)C)CC(C)C)c3ccccc3)c2)ccc1-c1cnco1.O=C(O)C(F)(F)F. The highest BCUT2D eigenvalue weighted by molar-refractivity contribution is 6.00. The zero-order chi connectivity index (χ0) is 39.0. The third kappa shape index (κ3) is 14.9. The van der Waals surface area contributed by atoms with Crippen LogP contribution in [0.15, 0.2) is 89.8 Å². The van der Waals surface area contributed by atoms with Gasteiger partial charge in [-0.15, -0.1) is 0 Å². The van der Waals surface area contributed by atoms with Crippen molar-refractivity contribution in [1.82, 2.24) is 15.2 Å². The van der Waals surface area contributed by atoms with Gasteiger partial charge in [0.15, 0.2) is 12.2 Å². The number of urea groups is 1. The first-order valence-electron chi connectivity index (χ1n) is 16.9. The summed E-state index contributed by atoms with van der Waals surface area (Å²) in [6.45, 7) is 12.0. The largest absolute Gasteiger partial charge is 0.496 e. The molecule has 15 heteroatoms. The number of alkyl carbamates (subject to hydrolysis) is 1. The Bertz CT molecular complexity index is 1730. The molecule has 0 spiro atoms. The molecular weight excluding hydrogens is 695 g/mol. The van der Waals surface area contributed by atoms with E-state index in [0.717, 1.165) is 36.3 Å². The Morgan fingerprint density at radius 1 is 0.906 bits per heavy atom. The first-order valence-corrected chi connectivity index (χ1v) is 16.9. The Balaban J connectivity index is 0.000000980. The number of ether oxygens (including phenoxy) is 2. The van der Waals surface area contributed by atoms with Crippen molar-refractivity contribution in [2.24, 2.45) is 11.8 Å². The topological polar surface area (TPSA) is 155 Å². The molecule has 1 atom stereocenters. The van der Waals surface area contributed by atoms with Crippen LogP contribution in [0.4, 0.5) is 34.1 Å². The molecule has 1 heterocycles. The van der Waals surface area contributed by atoms with Crippen molar-refractivity contribution < 1.29 is 46.6 Å². The molecule has 0 aliphatic carbocycles. The molecule has 0 saturated carbocycles. The number of amides is 3. The van der Waals surface area contributed by atoms with E-state index < -0.39 is 24.3 Å². The quantitative estimate of drug-likeness (QED) is 0.0938. The summed E-state index contributed by atoms with van der Waals surface area (Å²) >= 11 is 0. The van der Waals surface area contributed by atoms with Crippen LogP contribution in [0.3, 0.4) is 0 Å². The number of rotatable bonds is 15. The van der Waals surface area contributed by atoms with Gasteiger partial charge in [-0.3, -0.25) is 0 Å². The predicted molar refractivity (Wildman–Crippen MR) is 195 cm³/mol. The molecule has 4 aromatic rings. The number of methoxy groups -OCH3 is 1. The first-order chi connectivity index (χ1) is 25.1. The predicted octanol–water partition coefficient (Wildman–Crippen LogP) is 8.60. The lowest BCUT2D eigenvalue weighted by Gasteiger charge is -2.28. The Kier molecular flexibility index (Phi) is 16.2. The average Bonchev–Trinajstić information content (AvgIpc) is 3.64. The molecule has 3 amide bonds. The number of nitrogens with one attached hydrogen (secondary N) is 3. The molecule has 4 rings (SSSR count).